The molecule has 1 aliphatic rings. The minimum atomic E-state index is 0.0294. The number of carbonyl (C=O) groups is 1. The van der Waals surface area contributed by atoms with Crippen LogP contribution in [0.25, 0.3) is 0 Å². The van der Waals surface area contributed by atoms with Gasteiger partial charge in [0, 0.05) is 18.7 Å². The Morgan fingerprint density at radius 3 is 2.72 bits per heavy atom. The molecule has 2 rings (SSSR count). The molecule has 0 spiro atoms. The minimum absolute atomic E-state index is 0.0294. The molecule has 2 N–H and O–H groups in total. The van der Waals surface area contributed by atoms with E-state index in [1.165, 1.54) is 18.4 Å². The monoisotopic (exact) mass is 246 g/mol. The summed E-state index contributed by atoms with van der Waals surface area (Å²) in [4.78, 5) is 12.0. The first-order chi connectivity index (χ1) is 8.59. The van der Waals surface area contributed by atoms with E-state index in [0.717, 1.165) is 25.2 Å². The van der Waals surface area contributed by atoms with E-state index < -0.39 is 0 Å². The number of aryl methyl sites for hydroxylation is 1. The van der Waals surface area contributed by atoms with Crippen LogP contribution in [0.5, 0.6) is 0 Å². The van der Waals surface area contributed by atoms with Gasteiger partial charge in [0.25, 0.3) is 5.91 Å². The van der Waals surface area contributed by atoms with Gasteiger partial charge in [-0.1, -0.05) is 24.6 Å². The fraction of sp³-hybridized carbons (Fsp3) is 0.533. The summed E-state index contributed by atoms with van der Waals surface area (Å²) in [5, 5.41) is 6.44. The zero-order chi connectivity index (χ0) is 13.0. The molecular weight excluding hydrogens is 224 g/mol. The van der Waals surface area contributed by atoms with Crippen molar-refractivity contribution in [2.75, 3.05) is 19.6 Å². The SMILES string of the molecule is Cc1ccc(C(=O)NCC2(C)CCCNC2)cc1. The maximum Gasteiger partial charge on any atom is 0.251 e. The third-order valence-electron chi connectivity index (χ3n) is 3.68. The molecule has 1 heterocycles. The summed E-state index contributed by atoms with van der Waals surface area (Å²) < 4.78 is 0. The average molecular weight is 246 g/mol. The second-order valence-electron chi connectivity index (χ2n) is 5.64. The molecule has 18 heavy (non-hydrogen) atoms. The van der Waals surface area contributed by atoms with Crippen molar-refractivity contribution in [1.29, 1.82) is 0 Å². The molecule has 0 radical (unpaired) electrons. The second-order valence-corrected chi connectivity index (χ2v) is 5.64. The van der Waals surface area contributed by atoms with E-state index >= 15 is 0 Å². The number of rotatable bonds is 3. The lowest BCUT2D eigenvalue weighted by atomic mass is 9.83. The first kappa shape index (κ1) is 13.1. The molecule has 1 unspecified atom stereocenters. The first-order valence-electron chi connectivity index (χ1n) is 6.65. The number of piperidine rings is 1. The van der Waals surface area contributed by atoms with Crippen molar-refractivity contribution in [1.82, 2.24) is 10.6 Å². The molecule has 3 heteroatoms. The van der Waals surface area contributed by atoms with E-state index in [9.17, 15) is 4.79 Å². The third kappa shape index (κ3) is 3.33. The van der Waals surface area contributed by atoms with E-state index in [1.54, 1.807) is 0 Å². The normalized spacial score (nSPS) is 23.7. The predicted octanol–water partition coefficient (Wildman–Crippen LogP) is 2.11. The van der Waals surface area contributed by atoms with Gasteiger partial charge >= 0.3 is 0 Å². The Labute approximate surface area is 109 Å². The molecule has 1 atom stereocenters. The lowest BCUT2D eigenvalue weighted by molar-refractivity contribution is 0.0924. The zero-order valence-electron chi connectivity index (χ0n) is 11.3. The first-order valence-corrected chi connectivity index (χ1v) is 6.65. The fourth-order valence-corrected chi connectivity index (χ4v) is 2.37. The highest BCUT2D eigenvalue weighted by atomic mass is 16.1. The molecule has 0 aromatic heterocycles. The zero-order valence-corrected chi connectivity index (χ0v) is 11.3. The van der Waals surface area contributed by atoms with Gasteiger partial charge in [-0.05, 0) is 43.9 Å². The number of nitrogens with one attached hydrogen (secondary N) is 2. The highest BCUT2D eigenvalue weighted by molar-refractivity contribution is 5.94. The Morgan fingerprint density at radius 2 is 2.11 bits per heavy atom. The maximum absolute atomic E-state index is 12.0. The molecule has 1 amide bonds. The lowest BCUT2D eigenvalue weighted by Crippen LogP contribution is -2.45. The van der Waals surface area contributed by atoms with Crippen molar-refractivity contribution >= 4 is 5.91 Å². The van der Waals surface area contributed by atoms with Gasteiger partial charge in [0.1, 0.15) is 0 Å². The average Bonchev–Trinajstić information content (AvgIpc) is 2.38. The van der Waals surface area contributed by atoms with Crippen LogP contribution in [0.1, 0.15) is 35.7 Å². The van der Waals surface area contributed by atoms with Crippen LogP contribution in [0, 0.1) is 12.3 Å². The van der Waals surface area contributed by atoms with E-state index in [-0.39, 0.29) is 11.3 Å². The number of amides is 1. The summed E-state index contributed by atoms with van der Waals surface area (Å²) in [5.74, 6) is 0.0294. The number of hydrogen-bond donors (Lipinski definition) is 2. The van der Waals surface area contributed by atoms with Crippen molar-refractivity contribution in [3.8, 4) is 0 Å². The third-order valence-corrected chi connectivity index (χ3v) is 3.68. The summed E-state index contributed by atoms with van der Waals surface area (Å²) in [6.07, 6.45) is 2.37. The summed E-state index contributed by atoms with van der Waals surface area (Å²) >= 11 is 0. The summed E-state index contributed by atoms with van der Waals surface area (Å²) in [6, 6.07) is 7.70. The van der Waals surface area contributed by atoms with Crippen molar-refractivity contribution in [3.05, 3.63) is 35.4 Å². The van der Waals surface area contributed by atoms with Gasteiger partial charge < -0.3 is 10.6 Å². The number of carbonyl (C=O) groups excluding carboxylic acids is 1. The summed E-state index contributed by atoms with van der Waals surface area (Å²) in [5.41, 5.74) is 2.11. The van der Waals surface area contributed by atoms with Crippen molar-refractivity contribution in [2.24, 2.45) is 5.41 Å². The van der Waals surface area contributed by atoms with Crippen LogP contribution < -0.4 is 10.6 Å². The van der Waals surface area contributed by atoms with Gasteiger partial charge in [-0.15, -0.1) is 0 Å². The molecule has 3 nitrogen and oxygen atoms in total. The largest absolute Gasteiger partial charge is 0.351 e. The van der Waals surface area contributed by atoms with Gasteiger partial charge in [-0.3, -0.25) is 4.79 Å². The van der Waals surface area contributed by atoms with Gasteiger partial charge in [-0.2, -0.15) is 0 Å². The van der Waals surface area contributed by atoms with E-state index in [4.69, 9.17) is 0 Å². The Kier molecular flexibility index (Phi) is 4.02. The molecule has 0 aliphatic carbocycles. The van der Waals surface area contributed by atoms with Crippen LogP contribution >= 0.6 is 0 Å². The van der Waals surface area contributed by atoms with Crippen molar-refractivity contribution in [2.45, 2.75) is 26.7 Å². The standard InChI is InChI=1S/C15H22N2O/c1-12-4-6-13(7-5-12)14(18)17-11-15(2)8-3-9-16-10-15/h4-7,16H,3,8-11H2,1-2H3,(H,17,18). The van der Waals surface area contributed by atoms with Crippen LogP contribution in [0.2, 0.25) is 0 Å². The quantitative estimate of drug-likeness (QED) is 0.857. The lowest BCUT2D eigenvalue weighted by Gasteiger charge is -2.34. The van der Waals surface area contributed by atoms with Crippen LogP contribution in [-0.4, -0.2) is 25.5 Å². The van der Waals surface area contributed by atoms with Crippen LogP contribution in [0.3, 0.4) is 0 Å². The van der Waals surface area contributed by atoms with Crippen LogP contribution in [0.4, 0.5) is 0 Å². The topological polar surface area (TPSA) is 41.1 Å². The van der Waals surface area contributed by atoms with E-state index in [0.29, 0.717) is 0 Å². The number of benzene rings is 1. The van der Waals surface area contributed by atoms with E-state index in [1.807, 2.05) is 31.2 Å². The van der Waals surface area contributed by atoms with Crippen LogP contribution in [0.15, 0.2) is 24.3 Å². The Balaban J connectivity index is 1.89. The Morgan fingerprint density at radius 1 is 1.39 bits per heavy atom. The molecule has 0 saturated carbocycles. The molecule has 1 aromatic rings. The van der Waals surface area contributed by atoms with Crippen molar-refractivity contribution < 1.29 is 4.79 Å². The van der Waals surface area contributed by atoms with Gasteiger partial charge in [0.05, 0.1) is 0 Å². The highest BCUT2D eigenvalue weighted by Gasteiger charge is 2.27. The van der Waals surface area contributed by atoms with Gasteiger partial charge in [0.2, 0.25) is 0 Å². The highest BCUT2D eigenvalue weighted by Crippen LogP contribution is 2.24. The molecule has 1 fully saturated rings. The van der Waals surface area contributed by atoms with Gasteiger partial charge in [-0.25, -0.2) is 0 Å². The predicted molar refractivity (Wildman–Crippen MR) is 73.7 cm³/mol. The minimum Gasteiger partial charge on any atom is -0.351 e. The number of hydrogen-bond acceptors (Lipinski definition) is 2. The summed E-state index contributed by atoms with van der Waals surface area (Å²) in [7, 11) is 0. The second kappa shape index (κ2) is 5.53. The van der Waals surface area contributed by atoms with Gasteiger partial charge in [0.15, 0.2) is 0 Å². The fourth-order valence-electron chi connectivity index (χ4n) is 2.37. The molecule has 1 aliphatic heterocycles. The Hall–Kier alpha value is -1.35. The summed E-state index contributed by atoms with van der Waals surface area (Å²) in [6.45, 7) is 7.08. The molecule has 98 valence electrons. The maximum atomic E-state index is 12.0. The van der Waals surface area contributed by atoms with Crippen molar-refractivity contribution in [3.63, 3.8) is 0 Å². The van der Waals surface area contributed by atoms with E-state index in [2.05, 4.69) is 17.6 Å². The molecule has 1 aromatic carbocycles. The molecule has 1 saturated heterocycles. The molecular formula is C15H22N2O. The smallest absolute Gasteiger partial charge is 0.251 e. The molecule has 0 bridgehead atoms. The Bertz CT molecular complexity index is 405. The van der Waals surface area contributed by atoms with Crippen LogP contribution in [-0.2, 0) is 0 Å².